The number of cyclic esters (lactones) is 1. The normalized spacial score (nSPS) is 17.8. The lowest BCUT2D eigenvalue weighted by Crippen LogP contribution is -2.44. The largest absolute Gasteiger partial charge is 0.458 e. The van der Waals surface area contributed by atoms with E-state index in [4.69, 9.17) is 14.6 Å². The van der Waals surface area contributed by atoms with Crippen LogP contribution in [0.4, 0.5) is 0 Å². The number of esters is 1. The number of rotatable bonds is 7. The molecule has 0 bridgehead atoms. The van der Waals surface area contributed by atoms with E-state index in [9.17, 15) is 14.7 Å². The second-order valence-corrected chi connectivity index (χ2v) is 10.9. The summed E-state index contributed by atoms with van der Waals surface area (Å²) in [6.45, 7) is 2.14. The number of benzene rings is 3. The van der Waals surface area contributed by atoms with E-state index in [1.807, 2.05) is 84.9 Å². The molecule has 0 radical (unpaired) electrons. The predicted octanol–water partition coefficient (Wildman–Crippen LogP) is 5.41. The molecule has 2 aliphatic heterocycles. The average Bonchev–Trinajstić information content (AvgIpc) is 3.42. The molecular weight excluding hydrogens is 542 g/mol. The second-order valence-electron chi connectivity index (χ2n) is 10.9. The van der Waals surface area contributed by atoms with Crippen LogP contribution in [0.3, 0.4) is 0 Å². The third-order valence-electron chi connectivity index (χ3n) is 8.47. The first-order valence-electron chi connectivity index (χ1n) is 14.3. The molecule has 0 amide bonds. The number of carbonyl (C=O) groups excluding carboxylic acids is 1. The van der Waals surface area contributed by atoms with Gasteiger partial charge < -0.3 is 19.2 Å². The van der Waals surface area contributed by atoms with E-state index in [1.54, 1.807) is 23.8 Å². The summed E-state index contributed by atoms with van der Waals surface area (Å²) in [6.07, 6.45) is 1.89. The number of hydrogen-bond donors (Lipinski definition) is 1. The highest BCUT2D eigenvalue weighted by Crippen LogP contribution is 2.43. The molecule has 2 aromatic heterocycles. The predicted molar refractivity (Wildman–Crippen MR) is 163 cm³/mol. The van der Waals surface area contributed by atoms with Gasteiger partial charge in [-0.3, -0.25) is 4.79 Å². The van der Waals surface area contributed by atoms with Crippen LogP contribution in [0, 0.1) is 0 Å². The van der Waals surface area contributed by atoms with Crippen molar-refractivity contribution in [1.82, 2.24) is 9.55 Å². The number of nitrogens with zero attached hydrogens (tertiary/aromatic N) is 3. The quantitative estimate of drug-likeness (QED) is 0.156. The Kier molecular flexibility index (Phi) is 6.63. The van der Waals surface area contributed by atoms with E-state index in [-0.39, 0.29) is 31.0 Å². The summed E-state index contributed by atoms with van der Waals surface area (Å²) < 4.78 is 6.91. The van der Waals surface area contributed by atoms with Crippen molar-refractivity contribution in [2.24, 2.45) is 5.16 Å². The molecule has 5 aromatic rings. The maximum Gasteiger partial charge on any atom is 0.343 e. The summed E-state index contributed by atoms with van der Waals surface area (Å²) >= 11 is 0. The van der Waals surface area contributed by atoms with Crippen molar-refractivity contribution in [3.63, 3.8) is 0 Å². The number of para-hydroxylation sites is 1. The zero-order chi connectivity index (χ0) is 29.6. The minimum Gasteiger partial charge on any atom is -0.458 e. The Hall–Kier alpha value is -5.08. The van der Waals surface area contributed by atoms with E-state index in [0.29, 0.717) is 29.1 Å². The molecule has 0 saturated heterocycles. The van der Waals surface area contributed by atoms with Gasteiger partial charge in [0.25, 0.3) is 5.56 Å². The van der Waals surface area contributed by atoms with Crippen LogP contribution in [0.15, 0.2) is 101 Å². The number of aromatic nitrogens is 2. The van der Waals surface area contributed by atoms with Gasteiger partial charge in [-0.25, -0.2) is 9.78 Å². The standard InChI is InChI=1S/C35H29N3O5/c1-2-35(41)28-17-30-32-26(19-38(30)33(39)27(28)21-42-34(35)40)31(24-15-9-10-16-29(24)37-32)25(23-13-7-4-8-14-23)18-36-43-20-22-11-5-3-6-12-22/h3-18,25,41H,2,19-21H2,1H3/b36-18+/t25?,35-/m0/s1. The van der Waals surface area contributed by atoms with Crippen LogP contribution in [-0.2, 0) is 39.7 Å². The molecule has 0 fully saturated rings. The topological polar surface area (TPSA) is 103 Å². The SMILES string of the molecule is CC[C@@]1(O)C(=O)OCc2c1cc1n(c2=O)Cc2c-1nc1ccccc1c2C(/C=N/OCc1ccccc1)c1ccccc1. The van der Waals surface area contributed by atoms with Gasteiger partial charge in [-0.15, -0.1) is 0 Å². The second kappa shape index (κ2) is 10.6. The van der Waals surface area contributed by atoms with Crippen molar-refractivity contribution in [2.45, 2.75) is 44.6 Å². The Morgan fingerprint density at radius 2 is 1.74 bits per heavy atom. The van der Waals surface area contributed by atoms with Crippen molar-refractivity contribution in [2.75, 3.05) is 0 Å². The zero-order valence-corrected chi connectivity index (χ0v) is 23.6. The number of carbonyl (C=O) groups is 1. The zero-order valence-electron chi connectivity index (χ0n) is 23.6. The third-order valence-corrected chi connectivity index (χ3v) is 8.47. The van der Waals surface area contributed by atoms with E-state index < -0.39 is 11.6 Å². The number of aliphatic hydroxyl groups is 1. The highest BCUT2D eigenvalue weighted by Gasteiger charge is 2.45. The number of pyridine rings is 2. The van der Waals surface area contributed by atoms with Crippen molar-refractivity contribution in [1.29, 1.82) is 0 Å². The molecule has 7 rings (SSSR count). The first kappa shape index (κ1) is 26.8. The van der Waals surface area contributed by atoms with Crippen LogP contribution in [0.5, 0.6) is 0 Å². The van der Waals surface area contributed by atoms with Gasteiger partial charge >= 0.3 is 5.97 Å². The molecular formula is C35H29N3O5. The van der Waals surface area contributed by atoms with E-state index >= 15 is 0 Å². The Balaban J connectivity index is 1.41. The molecule has 8 nitrogen and oxygen atoms in total. The summed E-state index contributed by atoms with van der Waals surface area (Å²) in [5.41, 5.74) is 4.25. The van der Waals surface area contributed by atoms with Crippen LogP contribution in [0.1, 0.15) is 52.6 Å². The maximum absolute atomic E-state index is 13.9. The van der Waals surface area contributed by atoms with E-state index in [1.165, 1.54) is 0 Å². The molecule has 214 valence electrons. The molecule has 4 heterocycles. The minimum absolute atomic E-state index is 0.0838. The molecule has 0 aliphatic carbocycles. The summed E-state index contributed by atoms with van der Waals surface area (Å²) in [4.78, 5) is 37.3. The average molecular weight is 572 g/mol. The number of hydrogen-bond acceptors (Lipinski definition) is 7. The van der Waals surface area contributed by atoms with Gasteiger partial charge in [0.1, 0.15) is 13.2 Å². The summed E-state index contributed by atoms with van der Waals surface area (Å²) in [5.74, 6) is -1.05. The summed E-state index contributed by atoms with van der Waals surface area (Å²) in [5, 5.41) is 16.7. The minimum atomic E-state index is -1.89. The van der Waals surface area contributed by atoms with Crippen molar-refractivity contribution < 1.29 is 19.5 Å². The monoisotopic (exact) mass is 571 g/mol. The highest BCUT2D eigenvalue weighted by atomic mass is 16.6. The summed E-state index contributed by atoms with van der Waals surface area (Å²) in [7, 11) is 0. The Labute approximate surface area is 247 Å². The van der Waals surface area contributed by atoms with Gasteiger partial charge in [0.2, 0.25) is 0 Å². The third kappa shape index (κ3) is 4.42. The van der Waals surface area contributed by atoms with E-state index in [0.717, 1.165) is 33.2 Å². The number of fused-ring (bicyclic) bond motifs is 5. The Bertz CT molecular complexity index is 1950. The summed E-state index contributed by atoms with van der Waals surface area (Å²) in [6, 6.07) is 29.5. The van der Waals surface area contributed by atoms with Gasteiger partial charge in [0.05, 0.1) is 35.2 Å². The molecule has 2 aliphatic rings. The van der Waals surface area contributed by atoms with Crippen LogP contribution in [0.2, 0.25) is 0 Å². The fraction of sp³-hybridized carbons (Fsp3) is 0.200. The first-order valence-corrected chi connectivity index (χ1v) is 14.3. The van der Waals surface area contributed by atoms with Crippen LogP contribution in [0.25, 0.3) is 22.3 Å². The van der Waals surface area contributed by atoms with Crippen LogP contribution >= 0.6 is 0 Å². The van der Waals surface area contributed by atoms with Crippen LogP contribution in [-0.4, -0.2) is 26.8 Å². The molecule has 43 heavy (non-hydrogen) atoms. The Morgan fingerprint density at radius 3 is 2.51 bits per heavy atom. The molecule has 3 aromatic carbocycles. The van der Waals surface area contributed by atoms with Gasteiger partial charge in [-0.1, -0.05) is 90.9 Å². The fourth-order valence-corrected chi connectivity index (χ4v) is 6.19. The molecule has 2 atom stereocenters. The van der Waals surface area contributed by atoms with Crippen LogP contribution < -0.4 is 5.56 Å². The Morgan fingerprint density at radius 1 is 1.02 bits per heavy atom. The van der Waals surface area contributed by atoms with Gasteiger partial charge in [0.15, 0.2) is 5.60 Å². The first-order chi connectivity index (χ1) is 21.0. The maximum atomic E-state index is 13.9. The smallest absolute Gasteiger partial charge is 0.343 e. The van der Waals surface area contributed by atoms with Crippen molar-refractivity contribution in [3.8, 4) is 11.4 Å². The molecule has 0 spiro atoms. The van der Waals surface area contributed by atoms with Crippen molar-refractivity contribution >= 4 is 23.1 Å². The molecule has 8 heteroatoms. The van der Waals surface area contributed by atoms with E-state index in [2.05, 4.69) is 5.16 Å². The molecule has 0 saturated carbocycles. The lowest BCUT2D eigenvalue weighted by Gasteiger charge is -2.31. The molecule has 1 N–H and O–H groups in total. The van der Waals surface area contributed by atoms with Crippen molar-refractivity contribution in [3.05, 3.63) is 135 Å². The lowest BCUT2D eigenvalue weighted by molar-refractivity contribution is -0.172. The van der Waals surface area contributed by atoms with Gasteiger partial charge in [0, 0.05) is 22.4 Å². The number of oxime groups is 1. The number of ether oxygens (including phenoxy) is 1. The van der Waals surface area contributed by atoms with Gasteiger partial charge in [-0.05, 0) is 35.2 Å². The van der Waals surface area contributed by atoms with Gasteiger partial charge in [-0.2, -0.15) is 0 Å². The fourth-order valence-electron chi connectivity index (χ4n) is 6.19. The lowest BCUT2D eigenvalue weighted by atomic mass is 9.85. The highest BCUT2D eigenvalue weighted by molar-refractivity contribution is 5.93. The molecule has 1 unspecified atom stereocenters.